The third-order valence-corrected chi connectivity index (χ3v) is 3.17. The summed E-state index contributed by atoms with van der Waals surface area (Å²) in [7, 11) is 5.03. The highest BCUT2D eigenvalue weighted by molar-refractivity contribution is 5.31. The van der Waals surface area contributed by atoms with Crippen LogP contribution in [0.25, 0.3) is 0 Å². The maximum atomic E-state index is 5.36. The molecular weight excluding hydrogens is 270 g/mol. The Bertz CT molecular complexity index is 584. The molecular formula is C14H21N5O2. The highest BCUT2D eigenvalue weighted by Gasteiger charge is 2.23. The van der Waals surface area contributed by atoms with Gasteiger partial charge in [0.25, 0.3) is 0 Å². The van der Waals surface area contributed by atoms with Crippen LogP contribution in [0.2, 0.25) is 0 Å². The Morgan fingerprint density at radius 2 is 2.14 bits per heavy atom. The molecule has 2 aromatic heterocycles. The van der Waals surface area contributed by atoms with Crippen LogP contribution in [-0.2, 0) is 7.05 Å². The first-order valence-corrected chi connectivity index (χ1v) is 6.87. The number of nitrogens with one attached hydrogen (secondary N) is 1. The molecule has 0 aliphatic heterocycles. The molecule has 0 saturated heterocycles. The van der Waals surface area contributed by atoms with Crippen molar-refractivity contribution in [2.75, 3.05) is 20.8 Å². The van der Waals surface area contributed by atoms with Gasteiger partial charge in [0.05, 0.1) is 32.2 Å². The van der Waals surface area contributed by atoms with Gasteiger partial charge >= 0.3 is 0 Å². The molecule has 2 aromatic rings. The molecule has 1 atom stereocenters. The number of methoxy groups -OCH3 is 2. The Labute approximate surface area is 124 Å². The summed E-state index contributed by atoms with van der Waals surface area (Å²) in [5.41, 5.74) is 1.72. The van der Waals surface area contributed by atoms with E-state index in [0.29, 0.717) is 11.8 Å². The molecule has 2 rings (SSSR count). The molecule has 2 heterocycles. The summed E-state index contributed by atoms with van der Waals surface area (Å²) in [6.45, 7) is 2.97. The van der Waals surface area contributed by atoms with Crippen LogP contribution in [-0.4, -0.2) is 40.5 Å². The van der Waals surface area contributed by atoms with E-state index in [1.54, 1.807) is 26.6 Å². The van der Waals surface area contributed by atoms with Crippen LogP contribution in [0, 0.1) is 0 Å². The fourth-order valence-electron chi connectivity index (χ4n) is 2.11. The summed E-state index contributed by atoms with van der Waals surface area (Å²) in [4.78, 5) is 8.76. The molecule has 0 bridgehead atoms. The summed E-state index contributed by atoms with van der Waals surface area (Å²) >= 11 is 0. The fraction of sp³-hybridized carbons (Fsp3) is 0.500. The summed E-state index contributed by atoms with van der Waals surface area (Å²) in [6.07, 6.45) is 4.37. The zero-order valence-corrected chi connectivity index (χ0v) is 12.8. The first-order valence-electron chi connectivity index (χ1n) is 6.87. The average molecular weight is 291 g/mol. The number of aromatic nitrogens is 4. The number of nitrogens with zero attached hydrogens (tertiary/aromatic N) is 4. The minimum Gasteiger partial charge on any atom is -0.480 e. The number of ether oxygens (including phenoxy) is 2. The normalized spacial score (nSPS) is 12.2. The van der Waals surface area contributed by atoms with Crippen LogP contribution in [0.4, 0.5) is 0 Å². The lowest BCUT2D eigenvalue weighted by Gasteiger charge is -2.20. The molecule has 1 N–H and O–H groups in total. The van der Waals surface area contributed by atoms with E-state index in [1.165, 1.54) is 0 Å². The summed E-state index contributed by atoms with van der Waals surface area (Å²) < 4.78 is 12.3. The van der Waals surface area contributed by atoms with Gasteiger partial charge in [-0.3, -0.25) is 4.68 Å². The molecule has 0 aromatic carbocycles. The number of hydrogen-bond donors (Lipinski definition) is 1. The highest BCUT2D eigenvalue weighted by atomic mass is 16.5. The van der Waals surface area contributed by atoms with Gasteiger partial charge in [-0.25, -0.2) is 4.98 Å². The van der Waals surface area contributed by atoms with Gasteiger partial charge in [-0.05, 0) is 19.0 Å². The Balaban J connectivity index is 2.43. The first-order chi connectivity index (χ1) is 10.2. The maximum absolute atomic E-state index is 5.36. The molecule has 1 unspecified atom stereocenters. The van der Waals surface area contributed by atoms with Crippen molar-refractivity contribution in [2.24, 2.45) is 7.05 Å². The predicted molar refractivity (Wildman–Crippen MR) is 78.5 cm³/mol. The van der Waals surface area contributed by atoms with Gasteiger partial charge in [-0.15, -0.1) is 0 Å². The lowest BCUT2D eigenvalue weighted by molar-refractivity contribution is 0.351. The molecule has 7 heteroatoms. The largest absolute Gasteiger partial charge is 0.480 e. The Morgan fingerprint density at radius 3 is 2.71 bits per heavy atom. The van der Waals surface area contributed by atoms with Crippen molar-refractivity contribution in [3.63, 3.8) is 0 Å². The molecule has 0 saturated carbocycles. The second-order valence-corrected chi connectivity index (χ2v) is 4.57. The van der Waals surface area contributed by atoms with Crippen molar-refractivity contribution >= 4 is 0 Å². The number of rotatable bonds is 7. The Kier molecular flexibility index (Phi) is 5.10. The second-order valence-electron chi connectivity index (χ2n) is 4.57. The van der Waals surface area contributed by atoms with E-state index in [0.717, 1.165) is 24.4 Å². The highest BCUT2D eigenvalue weighted by Crippen LogP contribution is 2.27. The fourth-order valence-corrected chi connectivity index (χ4v) is 2.11. The summed E-state index contributed by atoms with van der Waals surface area (Å²) in [5.74, 6) is 0.874. The minimum atomic E-state index is -0.134. The third kappa shape index (κ3) is 3.30. The third-order valence-electron chi connectivity index (χ3n) is 3.17. The standard InChI is InChI=1S/C14H21N5O2/c1-5-7-15-12(10-6-8-17-19(10)2)13-14(21-4)18-11(20-3)9-16-13/h6,8-9,12,15H,5,7H2,1-4H3. The first kappa shape index (κ1) is 15.2. The molecule has 7 nitrogen and oxygen atoms in total. The van der Waals surface area contributed by atoms with E-state index >= 15 is 0 Å². The summed E-state index contributed by atoms with van der Waals surface area (Å²) in [6, 6.07) is 1.82. The maximum Gasteiger partial charge on any atom is 0.240 e. The second kappa shape index (κ2) is 7.03. The molecule has 0 amide bonds. The molecule has 0 spiro atoms. The van der Waals surface area contributed by atoms with E-state index < -0.39 is 0 Å². The van der Waals surface area contributed by atoms with Crippen molar-refractivity contribution in [3.05, 3.63) is 29.8 Å². The van der Waals surface area contributed by atoms with Crippen molar-refractivity contribution in [3.8, 4) is 11.8 Å². The van der Waals surface area contributed by atoms with Crippen LogP contribution in [0.3, 0.4) is 0 Å². The molecule has 0 aliphatic carbocycles. The van der Waals surface area contributed by atoms with Crippen molar-refractivity contribution in [1.82, 2.24) is 25.1 Å². The van der Waals surface area contributed by atoms with Gasteiger partial charge < -0.3 is 14.8 Å². The zero-order chi connectivity index (χ0) is 15.2. The van der Waals surface area contributed by atoms with E-state index in [1.807, 2.05) is 17.8 Å². The van der Waals surface area contributed by atoms with Gasteiger partial charge in [0.15, 0.2) is 0 Å². The van der Waals surface area contributed by atoms with E-state index in [-0.39, 0.29) is 6.04 Å². The van der Waals surface area contributed by atoms with E-state index in [9.17, 15) is 0 Å². The smallest absolute Gasteiger partial charge is 0.240 e. The zero-order valence-electron chi connectivity index (χ0n) is 12.8. The SMILES string of the molecule is CCCNC(c1ncc(OC)nc1OC)c1ccnn1C. The number of hydrogen-bond acceptors (Lipinski definition) is 6. The van der Waals surface area contributed by atoms with Crippen molar-refractivity contribution in [1.29, 1.82) is 0 Å². The van der Waals surface area contributed by atoms with Crippen molar-refractivity contribution < 1.29 is 9.47 Å². The summed E-state index contributed by atoms with van der Waals surface area (Å²) in [5, 5.41) is 7.68. The van der Waals surface area contributed by atoms with Gasteiger partial charge in [0.2, 0.25) is 11.8 Å². The van der Waals surface area contributed by atoms with Gasteiger partial charge in [0, 0.05) is 13.2 Å². The van der Waals surface area contributed by atoms with Crippen LogP contribution < -0.4 is 14.8 Å². The molecule has 0 aliphatic rings. The van der Waals surface area contributed by atoms with Crippen LogP contribution in [0.1, 0.15) is 30.8 Å². The number of aryl methyl sites for hydroxylation is 1. The van der Waals surface area contributed by atoms with E-state index in [4.69, 9.17) is 9.47 Å². The monoisotopic (exact) mass is 291 g/mol. The average Bonchev–Trinajstić information content (AvgIpc) is 2.94. The van der Waals surface area contributed by atoms with Crippen molar-refractivity contribution in [2.45, 2.75) is 19.4 Å². The van der Waals surface area contributed by atoms with Gasteiger partial charge in [0.1, 0.15) is 5.69 Å². The molecule has 21 heavy (non-hydrogen) atoms. The Morgan fingerprint density at radius 1 is 1.33 bits per heavy atom. The predicted octanol–water partition coefficient (Wildman–Crippen LogP) is 1.32. The van der Waals surface area contributed by atoms with Crippen LogP contribution in [0.15, 0.2) is 18.5 Å². The van der Waals surface area contributed by atoms with Gasteiger partial charge in [-0.2, -0.15) is 10.1 Å². The molecule has 114 valence electrons. The van der Waals surface area contributed by atoms with Crippen LogP contribution >= 0.6 is 0 Å². The quantitative estimate of drug-likeness (QED) is 0.829. The lowest BCUT2D eigenvalue weighted by atomic mass is 10.1. The topological polar surface area (TPSA) is 74.1 Å². The van der Waals surface area contributed by atoms with E-state index in [2.05, 4.69) is 27.3 Å². The van der Waals surface area contributed by atoms with Gasteiger partial charge in [-0.1, -0.05) is 6.92 Å². The minimum absolute atomic E-state index is 0.134. The lowest BCUT2D eigenvalue weighted by Crippen LogP contribution is -2.27. The van der Waals surface area contributed by atoms with Crippen LogP contribution in [0.5, 0.6) is 11.8 Å². The molecule has 0 radical (unpaired) electrons. The molecule has 0 fully saturated rings. The Hall–Kier alpha value is -2.15.